The largest absolute Gasteiger partial charge is 0.496 e. The van der Waals surface area contributed by atoms with Crippen molar-refractivity contribution in [1.29, 1.82) is 0 Å². The molecule has 0 unspecified atom stereocenters. The summed E-state index contributed by atoms with van der Waals surface area (Å²) in [6.07, 6.45) is 0. The summed E-state index contributed by atoms with van der Waals surface area (Å²) in [6, 6.07) is 12.0. The Morgan fingerprint density at radius 2 is 1.57 bits per heavy atom. The monoisotopic (exact) mass is 309 g/mol. The minimum absolute atomic E-state index is 0.533. The third-order valence-corrected chi connectivity index (χ3v) is 3.61. The fraction of sp³-hybridized carbons (Fsp3) is 0.222. The van der Waals surface area contributed by atoms with E-state index in [4.69, 9.17) is 9.15 Å². The average molecular weight is 309 g/mol. The van der Waals surface area contributed by atoms with Gasteiger partial charge in [0.15, 0.2) is 0 Å². The van der Waals surface area contributed by atoms with E-state index in [2.05, 4.69) is 27.6 Å². The maximum absolute atomic E-state index is 5.43. The number of rotatable bonds is 4. The van der Waals surface area contributed by atoms with E-state index in [0.717, 1.165) is 33.8 Å². The first-order valence-corrected chi connectivity index (χ1v) is 7.39. The molecule has 1 aromatic heterocycles. The Hall–Kier alpha value is -2.82. The second-order valence-corrected chi connectivity index (χ2v) is 5.47. The first-order chi connectivity index (χ1) is 11.1. The van der Waals surface area contributed by atoms with E-state index in [9.17, 15) is 0 Å². The average Bonchev–Trinajstić information content (AvgIpc) is 2.94. The van der Waals surface area contributed by atoms with Crippen LogP contribution in [0.25, 0.3) is 11.5 Å². The maximum atomic E-state index is 5.43. The third kappa shape index (κ3) is 3.18. The summed E-state index contributed by atoms with van der Waals surface area (Å²) < 4.78 is 10.8. The summed E-state index contributed by atoms with van der Waals surface area (Å²) in [5.41, 5.74) is 5.13. The van der Waals surface area contributed by atoms with Crippen LogP contribution < -0.4 is 10.1 Å². The van der Waals surface area contributed by atoms with E-state index in [-0.39, 0.29) is 0 Å². The van der Waals surface area contributed by atoms with Gasteiger partial charge in [-0.15, -0.1) is 10.2 Å². The lowest BCUT2D eigenvalue weighted by Gasteiger charge is -2.13. The van der Waals surface area contributed by atoms with Gasteiger partial charge in [0, 0.05) is 23.9 Å². The zero-order valence-electron chi connectivity index (χ0n) is 13.7. The fourth-order valence-electron chi connectivity index (χ4n) is 2.62. The van der Waals surface area contributed by atoms with Crippen LogP contribution in [0.15, 0.2) is 40.8 Å². The van der Waals surface area contributed by atoms with Gasteiger partial charge in [0.25, 0.3) is 0 Å². The van der Waals surface area contributed by atoms with Gasteiger partial charge >= 0.3 is 0 Å². The molecule has 23 heavy (non-hydrogen) atoms. The molecule has 0 aliphatic carbocycles. The Kier molecular flexibility index (Phi) is 4.02. The standard InChI is InChI=1S/C18H19N3O2/c1-11-9-16(10-12(2)17(11)22-4)19-15-7-5-14(6-8-15)18-21-20-13(3)23-18/h5-10,19H,1-4H3. The predicted molar refractivity (Wildman–Crippen MR) is 90.2 cm³/mol. The Balaban J connectivity index is 1.81. The first-order valence-electron chi connectivity index (χ1n) is 7.39. The molecule has 0 saturated carbocycles. The number of aromatic nitrogens is 2. The molecule has 0 fully saturated rings. The molecule has 1 heterocycles. The number of hydrogen-bond acceptors (Lipinski definition) is 5. The molecule has 5 nitrogen and oxygen atoms in total. The number of hydrogen-bond donors (Lipinski definition) is 1. The smallest absolute Gasteiger partial charge is 0.247 e. The van der Waals surface area contributed by atoms with Gasteiger partial charge in [-0.05, 0) is 61.4 Å². The van der Waals surface area contributed by atoms with Gasteiger partial charge in [-0.1, -0.05) is 0 Å². The summed E-state index contributed by atoms with van der Waals surface area (Å²) in [4.78, 5) is 0. The zero-order valence-corrected chi connectivity index (χ0v) is 13.7. The van der Waals surface area contributed by atoms with Gasteiger partial charge in [0.1, 0.15) is 5.75 Å². The van der Waals surface area contributed by atoms with Crippen molar-refractivity contribution in [1.82, 2.24) is 10.2 Å². The molecular weight excluding hydrogens is 290 g/mol. The summed E-state index contributed by atoms with van der Waals surface area (Å²) in [6.45, 7) is 5.86. The van der Waals surface area contributed by atoms with E-state index >= 15 is 0 Å². The highest BCUT2D eigenvalue weighted by Gasteiger charge is 2.07. The number of ether oxygens (including phenoxy) is 1. The highest BCUT2D eigenvalue weighted by molar-refractivity contribution is 5.66. The maximum Gasteiger partial charge on any atom is 0.247 e. The van der Waals surface area contributed by atoms with Crippen molar-refractivity contribution in [3.63, 3.8) is 0 Å². The number of methoxy groups -OCH3 is 1. The van der Waals surface area contributed by atoms with Gasteiger partial charge < -0.3 is 14.5 Å². The van der Waals surface area contributed by atoms with Crippen LogP contribution in [0, 0.1) is 20.8 Å². The van der Waals surface area contributed by atoms with Crippen LogP contribution in [-0.2, 0) is 0 Å². The van der Waals surface area contributed by atoms with Crippen LogP contribution in [0.2, 0.25) is 0 Å². The second-order valence-electron chi connectivity index (χ2n) is 5.47. The van der Waals surface area contributed by atoms with E-state index in [0.29, 0.717) is 11.8 Å². The molecule has 0 bridgehead atoms. The molecule has 1 N–H and O–H groups in total. The van der Waals surface area contributed by atoms with Crippen LogP contribution in [0.5, 0.6) is 5.75 Å². The van der Waals surface area contributed by atoms with Crippen molar-refractivity contribution in [2.24, 2.45) is 0 Å². The van der Waals surface area contributed by atoms with Crippen LogP contribution in [0.1, 0.15) is 17.0 Å². The van der Waals surface area contributed by atoms with Gasteiger partial charge in [-0.2, -0.15) is 0 Å². The minimum atomic E-state index is 0.533. The van der Waals surface area contributed by atoms with Crippen molar-refractivity contribution in [3.8, 4) is 17.2 Å². The Labute approximate surface area is 135 Å². The molecule has 3 rings (SSSR count). The highest BCUT2D eigenvalue weighted by Crippen LogP contribution is 2.29. The quantitative estimate of drug-likeness (QED) is 0.773. The lowest BCUT2D eigenvalue weighted by atomic mass is 10.1. The Morgan fingerprint density at radius 1 is 0.913 bits per heavy atom. The molecule has 0 atom stereocenters. The molecule has 5 heteroatoms. The second kappa shape index (κ2) is 6.12. The summed E-state index contributed by atoms with van der Waals surface area (Å²) in [7, 11) is 1.69. The number of benzene rings is 2. The fourth-order valence-corrected chi connectivity index (χ4v) is 2.62. The summed E-state index contributed by atoms with van der Waals surface area (Å²) >= 11 is 0. The van der Waals surface area contributed by atoms with Crippen molar-refractivity contribution in [3.05, 3.63) is 53.4 Å². The molecule has 2 aromatic carbocycles. The molecule has 0 radical (unpaired) electrons. The van der Waals surface area contributed by atoms with Gasteiger partial charge in [-0.25, -0.2) is 0 Å². The molecular formula is C18H19N3O2. The topological polar surface area (TPSA) is 60.2 Å². The van der Waals surface area contributed by atoms with Gasteiger partial charge in [0.05, 0.1) is 7.11 Å². The van der Waals surface area contributed by atoms with Gasteiger partial charge in [-0.3, -0.25) is 0 Å². The van der Waals surface area contributed by atoms with Crippen molar-refractivity contribution in [2.45, 2.75) is 20.8 Å². The van der Waals surface area contributed by atoms with Crippen molar-refractivity contribution < 1.29 is 9.15 Å². The lowest BCUT2D eigenvalue weighted by Crippen LogP contribution is -1.95. The molecule has 0 saturated heterocycles. The number of nitrogens with zero attached hydrogens (tertiary/aromatic N) is 2. The normalized spacial score (nSPS) is 10.6. The summed E-state index contributed by atoms with van der Waals surface area (Å²) in [5, 5.41) is 11.3. The molecule has 118 valence electrons. The highest BCUT2D eigenvalue weighted by atomic mass is 16.5. The van der Waals surface area contributed by atoms with Crippen LogP contribution in [0.3, 0.4) is 0 Å². The first kappa shape index (κ1) is 15.1. The number of aryl methyl sites for hydroxylation is 3. The van der Waals surface area contributed by atoms with Crippen LogP contribution in [-0.4, -0.2) is 17.3 Å². The molecule has 0 aliphatic heterocycles. The predicted octanol–water partition coefficient (Wildman–Crippen LogP) is 4.41. The molecule has 0 spiro atoms. The van der Waals surface area contributed by atoms with E-state index in [1.54, 1.807) is 14.0 Å². The lowest BCUT2D eigenvalue weighted by molar-refractivity contribution is 0.408. The Morgan fingerprint density at radius 3 is 2.09 bits per heavy atom. The molecule has 3 aromatic rings. The number of nitrogens with one attached hydrogen (secondary N) is 1. The van der Waals surface area contributed by atoms with Crippen LogP contribution >= 0.6 is 0 Å². The minimum Gasteiger partial charge on any atom is -0.496 e. The zero-order chi connectivity index (χ0) is 16.4. The molecule has 0 aliphatic rings. The van der Waals surface area contributed by atoms with Crippen molar-refractivity contribution in [2.75, 3.05) is 12.4 Å². The third-order valence-electron chi connectivity index (χ3n) is 3.61. The van der Waals surface area contributed by atoms with E-state index in [1.165, 1.54) is 0 Å². The van der Waals surface area contributed by atoms with Crippen LogP contribution in [0.4, 0.5) is 11.4 Å². The van der Waals surface area contributed by atoms with E-state index in [1.807, 2.05) is 38.1 Å². The molecule has 0 amide bonds. The van der Waals surface area contributed by atoms with Crippen molar-refractivity contribution >= 4 is 11.4 Å². The van der Waals surface area contributed by atoms with Gasteiger partial charge in [0.2, 0.25) is 11.8 Å². The van der Waals surface area contributed by atoms with E-state index < -0.39 is 0 Å². The summed E-state index contributed by atoms with van der Waals surface area (Å²) in [5.74, 6) is 2.02. The SMILES string of the molecule is COc1c(C)cc(Nc2ccc(-c3nnc(C)o3)cc2)cc1C. The number of anilines is 2. The Bertz CT molecular complexity index is 800.